The topological polar surface area (TPSA) is 71.4 Å². The summed E-state index contributed by atoms with van der Waals surface area (Å²) >= 11 is 3.15. The van der Waals surface area contributed by atoms with Gasteiger partial charge in [-0.2, -0.15) is 15.8 Å². The molecule has 0 aliphatic rings. The fourth-order valence-electron chi connectivity index (χ4n) is 0.904. The van der Waals surface area contributed by atoms with E-state index in [-0.39, 0.29) is 16.7 Å². The molecule has 60 valence electrons. The molecule has 0 aliphatic carbocycles. The van der Waals surface area contributed by atoms with Gasteiger partial charge in [-0.1, -0.05) is 15.9 Å². The maximum Gasteiger partial charge on any atom is 0.102 e. The molecule has 0 unspecified atom stereocenters. The average Bonchev–Trinajstić information content (AvgIpc) is 2.16. The molecule has 4 heteroatoms. The van der Waals surface area contributed by atoms with Crippen molar-refractivity contribution in [2.24, 2.45) is 0 Å². The lowest BCUT2D eigenvalue weighted by Crippen LogP contribution is -1.89. The summed E-state index contributed by atoms with van der Waals surface area (Å²) in [6.07, 6.45) is 0. The molecule has 0 amide bonds. The summed E-state index contributed by atoms with van der Waals surface area (Å²) in [5.41, 5.74) is 0.565. The van der Waals surface area contributed by atoms with E-state index in [9.17, 15) is 0 Å². The van der Waals surface area contributed by atoms with Gasteiger partial charge in [-0.05, 0) is 12.1 Å². The molecule has 0 spiro atoms. The second-order valence-corrected chi connectivity index (χ2v) is 3.13. The third-order valence-electron chi connectivity index (χ3n) is 1.46. The van der Waals surface area contributed by atoms with Crippen molar-refractivity contribution in [3.05, 3.63) is 33.3 Å². The maximum absolute atomic E-state index is 8.68. The van der Waals surface area contributed by atoms with Gasteiger partial charge in [0.15, 0.2) is 0 Å². The van der Waals surface area contributed by atoms with Crippen molar-refractivity contribution in [3.63, 3.8) is 0 Å². The Kier molecular flexibility index (Phi) is 2.65. The highest BCUT2D eigenvalue weighted by atomic mass is 79.9. The lowest BCUT2D eigenvalue weighted by atomic mass is 10.0. The van der Waals surface area contributed by atoms with Crippen LogP contribution in [0.15, 0.2) is 16.6 Å². The molecule has 0 saturated carbocycles. The van der Waals surface area contributed by atoms with E-state index in [4.69, 9.17) is 15.8 Å². The third kappa shape index (κ3) is 1.67. The molecule has 0 heterocycles. The molecule has 1 rings (SSSR count). The van der Waals surface area contributed by atoms with E-state index in [1.807, 2.05) is 18.2 Å². The summed E-state index contributed by atoms with van der Waals surface area (Å²) in [7, 11) is 0. The Labute approximate surface area is 83.6 Å². The van der Waals surface area contributed by atoms with Gasteiger partial charge in [0.1, 0.15) is 18.2 Å². The van der Waals surface area contributed by atoms with E-state index in [2.05, 4.69) is 15.9 Å². The molecule has 0 aliphatic heterocycles. The zero-order valence-corrected chi connectivity index (χ0v) is 7.96. The minimum absolute atomic E-state index is 0.133. The average molecular weight is 232 g/mol. The van der Waals surface area contributed by atoms with Crippen molar-refractivity contribution in [2.45, 2.75) is 0 Å². The molecule has 1 aromatic rings. The number of nitrogens with zero attached hydrogens (tertiary/aromatic N) is 3. The van der Waals surface area contributed by atoms with E-state index < -0.39 is 0 Å². The van der Waals surface area contributed by atoms with Crippen LogP contribution in [0.5, 0.6) is 0 Å². The van der Waals surface area contributed by atoms with Gasteiger partial charge < -0.3 is 0 Å². The standard InChI is InChI=1S/C9H2BrN3/c10-8-1-6(3-11)9(5-13)7(2-8)4-12/h1-2H. The highest BCUT2D eigenvalue weighted by Crippen LogP contribution is 2.19. The molecule has 13 heavy (non-hydrogen) atoms. The predicted molar refractivity (Wildman–Crippen MR) is 48.3 cm³/mol. The number of benzene rings is 1. The lowest BCUT2D eigenvalue weighted by molar-refractivity contribution is 1.38. The minimum Gasteiger partial charge on any atom is -0.192 e. The van der Waals surface area contributed by atoms with Crippen molar-refractivity contribution in [1.82, 2.24) is 0 Å². The van der Waals surface area contributed by atoms with Crippen molar-refractivity contribution < 1.29 is 0 Å². The number of hydrogen-bond donors (Lipinski definition) is 0. The fourth-order valence-corrected chi connectivity index (χ4v) is 1.36. The number of hydrogen-bond acceptors (Lipinski definition) is 3. The van der Waals surface area contributed by atoms with Crippen LogP contribution in [0.2, 0.25) is 0 Å². The number of nitriles is 3. The van der Waals surface area contributed by atoms with E-state index >= 15 is 0 Å². The van der Waals surface area contributed by atoms with Gasteiger partial charge >= 0.3 is 0 Å². The molecule has 0 bridgehead atoms. The van der Waals surface area contributed by atoms with Crippen LogP contribution in [0.3, 0.4) is 0 Å². The first-order valence-corrected chi connectivity index (χ1v) is 4.06. The van der Waals surface area contributed by atoms with Crippen molar-refractivity contribution >= 4 is 15.9 Å². The van der Waals surface area contributed by atoms with Crippen LogP contribution in [0.4, 0.5) is 0 Å². The second kappa shape index (κ2) is 3.72. The van der Waals surface area contributed by atoms with Crippen LogP contribution in [0.1, 0.15) is 16.7 Å². The first kappa shape index (κ1) is 9.26. The van der Waals surface area contributed by atoms with Gasteiger partial charge in [-0.3, -0.25) is 0 Å². The molecule has 0 aromatic heterocycles. The predicted octanol–water partition coefficient (Wildman–Crippen LogP) is 2.06. The smallest absolute Gasteiger partial charge is 0.102 e. The van der Waals surface area contributed by atoms with Gasteiger partial charge in [-0.25, -0.2) is 0 Å². The Morgan fingerprint density at radius 1 is 0.923 bits per heavy atom. The Balaban J connectivity index is 3.59. The van der Waals surface area contributed by atoms with E-state index in [0.29, 0.717) is 4.47 Å². The minimum atomic E-state index is 0.133. The highest BCUT2D eigenvalue weighted by Gasteiger charge is 2.08. The van der Waals surface area contributed by atoms with Crippen LogP contribution in [-0.4, -0.2) is 0 Å². The maximum atomic E-state index is 8.68. The van der Waals surface area contributed by atoms with E-state index in [1.54, 1.807) is 0 Å². The van der Waals surface area contributed by atoms with Gasteiger partial charge in [0.25, 0.3) is 0 Å². The zero-order chi connectivity index (χ0) is 9.84. The van der Waals surface area contributed by atoms with Crippen LogP contribution in [0.25, 0.3) is 0 Å². The normalized spacial score (nSPS) is 8.15. The number of rotatable bonds is 0. The summed E-state index contributed by atoms with van der Waals surface area (Å²) < 4.78 is 0.625. The second-order valence-electron chi connectivity index (χ2n) is 2.21. The summed E-state index contributed by atoms with van der Waals surface area (Å²) in [6, 6.07) is 8.57. The van der Waals surface area contributed by atoms with Crippen molar-refractivity contribution in [2.75, 3.05) is 0 Å². The molecule has 0 N–H and O–H groups in total. The van der Waals surface area contributed by atoms with Gasteiger partial charge in [0.05, 0.1) is 16.7 Å². The Morgan fingerprint density at radius 3 is 1.69 bits per heavy atom. The largest absolute Gasteiger partial charge is 0.192 e. The van der Waals surface area contributed by atoms with Crippen molar-refractivity contribution in [3.8, 4) is 18.2 Å². The van der Waals surface area contributed by atoms with Gasteiger partial charge in [0, 0.05) is 4.47 Å². The third-order valence-corrected chi connectivity index (χ3v) is 1.91. The molecular weight excluding hydrogens is 230 g/mol. The van der Waals surface area contributed by atoms with Gasteiger partial charge in [0.2, 0.25) is 0 Å². The molecule has 0 saturated heterocycles. The molecular formula is C9H2BrN3. The monoisotopic (exact) mass is 231 g/mol. The summed E-state index contributed by atoms with van der Waals surface area (Å²) in [5, 5.41) is 26.0. The summed E-state index contributed by atoms with van der Waals surface area (Å²) in [5.74, 6) is 0. The van der Waals surface area contributed by atoms with Crippen LogP contribution >= 0.6 is 15.9 Å². The van der Waals surface area contributed by atoms with E-state index in [0.717, 1.165) is 0 Å². The molecule has 1 aromatic carbocycles. The lowest BCUT2D eigenvalue weighted by Gasteiger charge is -1.97. The van der Waals surface area contributed by atoms with Crippen LogP contribution in [0, 0.1) is 34.0 Å². The molecule has 0 radical (unpaired) electrons. The Hall–Kier alpha value is -1.83. The molecule has 3 nitrogen and oxygen atoms in total. The zero-order valence-electron chi connectivity index (χ0n) is 6.37. The quantitative estimate of drug-likeness (QED) is 0.687. The van der Waals surface area contributed by atoms with Crippen molar-refractivity contribution in [1.29, 1.82) is 15.8 Å². The fraction of sp³-hybridized carbons (Fsp3) is 0. The van der Waals surface area contributed by atoms with Crippen LogP contribution < -0.4 is 0 Å². The highest BCUT2D eigenvalue weighted by molar-refractivity contribution is 9.10. The Bertz CT molecular complexity index is 436. The first-order chi connectivity index (χ1) is 6.22. The molecule has 0 fully saturated rings. The molecule has 0 atom stereocenters. The first-order valence-electron chi connectivity index (χ1n) is 3.26. The van der Waals surface area contributed by atoms with E-state index in [1.165, 1.54) is 12.1 Å². The summed E-state index contributed by atoms with van der Waals surface area (Å²) in [4.78, 5) is 0. The SMILES string of the molecule is N#Cc1cc(Br)cc(C#N)c1C#N. The summed E-state index contributed by atoms with van der Waals surface area (Å²) in [6.45, 7) is 0. The van der Waals surface area contributed by atoms with Crippen LogP contribution in [-0.2, 0) is 0 Å². The Morgan fingerprint density at radius 2 is 1.38 bits per heavy atom. The van der Waals surface area contributed by atoms with Gasteiger partial charge in [-0.15, -0.1) is 0 Å². The number of halogens is 1.